The van der Waals surface area contributed by atoms with E-state index in [-0.39, 0.29) is 108 Å². The molecule has 24 N–H and O–H groups in total. The van der Waals surface area contributed by atoms with Gasteiger partial charge in [0.25, 0.3) is 0 Å². The molecule has 0 unspecified atom stereocenters. The Morgan fingerprint density at radius 1 is 0.435 bits per heavy atom. The summed E-state index contributed by atoms with van der Waals surface area (Å²) in [6, 6.07) is -5.12. The van der Waals surface area contributed by atoms with E-state index >= 15 is 0 Å². The van der Waals surface area contributed by atoms with E-state index in [9.17, 15) is 72.9 Å². The maximum absolute atomic E-state index is 14.3. The number of hydrogen-bond donors (Lipinski definition) is 18. The zero-order chi connectivity index (χ0) is 64.3. The molecule has 0 spiro atoms. The lowest BCUT2D eigenvalue weighted by Crippen LogP contribution is -2.61. The van der Waals surface area contributed by atoms with Crippen LogP contribution >= 0.6 is 0 Å². The van der Waals surface area contributed by atoms with Crippen molar-refractivity contribution < 1.29 is 78.0 Å². The second-order valence-corrected chi connectivity index (χ2v) is 21.0. The van der Waals surface area contributed by atoms with E-state index in [2.05, 4.69) is 52.5 Å². The highest BCUT2D eigenvalue weighted by Gasteiger charge is 2.36. The van der Waals surface area contributed by atoms with Gasteiger partial charge in [0.2, 0.25) is 47.3 Å². The van der Waals surface area contributed by atoms with Crippen LogP contribution in [0.15, 0.2) is 40.3 Å². The number of hydrogen-bond acceptors (Lipinski definition) is 16. The van der Waals surface area contributed by atoms with Crippen LogP contribution in [0.2, 0.25) is 0 Å². The van der Waals surface area contributed by atoms with Gasteiger partial charge in [-0.25, -0.2) is 4.79 Å². The predicted octanol–water partition coefficient (Wildman–Crippen LogP) is -3.95. The summed E-state index contributed by atoms with van der Waals surface area (Å²) in [5.41, 5.74) is 33.9. The van der Waals surface area contributed by atoms with Crippen molar-refractivity contribution in [3.05, 3.63) is 35.9 Å². The van der Waals surface area contributed by atoms with E-state index in [1.165, 1.54) is 0 Å². The molecule has 0 heterocycles. The molecule has 85 heavy (non-hydrogen) atoms. The number of carboxylic acid groups (broad SMARTS) is 4. The van der Waals surface area contributed by atoms with Gasteiger partial charge in [0.05, 0.1) is 12.5 Å². The van der Waals surface area contributed by atoms with Crippen molar-refractivity contribution in [2.45, 2.75) is 178 Å². The number of guanidine groups is 2. The molecule has 0 saturated carbocycles. The monoisotopic (exact) mass is 1200 g/mol. The molecule has 8 amide bonds. The van der Waals surface area contributed by atoms with E-state index in [1.807, 2.05) is 0 Å². The number of aliphatic imine (C=N–C) groups is 2. The molecule has 0 bridgehead atoms. The summed E-state index contributed by atoms with van der Waals surface area (Å²) in [6.45, 7) is 7.01. The summed E-state index contributed by atoms with van der Waals surface area (Å²) in [6.07, 6.45) is -2.96. The summed E-state index contributed by atoms with van der Waals surface area (Å²) >= 11 is 0. The van der Waals surface area contributed by atoms with Gasteiger partial charge in [-0.15, -0.1) is 0 Å². The van der Waals surface area contributed by atoms with Crippen molar-refractivity contribution in [2.75, 3.05) is 19.6 Å². The van der Waals surface area contributed by atoms with Gasteiger partial charge >= 0.3 is 23.9 Å². The summed E-state index contributed by atoms with van der Waals surface area (Å²) in [4.78, 5) is 166. The number of carbonyl (C=O) groups excluding carboxylic acids is 8. The van der Waals surface area contributed by atoms with Crippen LogP contribution in [0.25, 0.3) is 0 Å². The van der Waals surface area contributed by atoms with Crippen molar-refractivity contribution in [1.29, 1.82) is 0 Å². The number of carbonyl (C=O) groups is 12. The summed E-state index contributed by atoms with van der Waals surface area (Å²) < 4.78 is 0. The molecule has 0 aliphatic heterocycles. The Bertz CT molecular complexity index is 2460. The average Bonchev–Trinajstić information content (AvgIpc) is 3.53. The molecular formula is C53H88N16O16. The van der Waals surface area contributed by atoms with E-state index in [0.717, 1.165) is 0 Å². The first-order valence-electron chi connectivity index (χ1n) is 27.9. The van der Waals surface area contributed by atoms with E-state index in [0.29, 0.717) is 12.0 Å². The standard InChI is InChI=1S/C53H88N16O16/c1-28(2)24-36(68-49(82)38(26-30-12-6-5-7-13-30)66-43(76)31(55)17-19-40(70)71)47(80)62-32(14-8-9-21-54)45(78)67-37(25-29(3)4)48(81)69-39(27-42(74)75)50(83)63-33(15-10-22-60-52(56)57)44(77)64-34(18-20-41(72)73)46(79)65-35(51(84)85)16-11-23-61-53(58)59/h5-7,12-13,28-29,31-39H,8-11,14-27,54-55H2,1-4H3,(H,62,80)(H,63,83)(H,64,77)(H,65,79)(H,66,76)(H,67,78)(H,68,82)(H,69,81)(H,70,71)(H,72,73)(H,74,75)(H,84,85)(H4,56,57,60)(H4,58,59,61)/t31-,32-,33-,34-,35-,36-,37-,38-,39-/m0/s1. The largest absolute Gasteiger partial charge is 0.481 e. The Hall–Kier alpha value is -8.68. The molecule has 0 saturated heterocycles. The van der Waals surface area contributed by atoms with Crippen LogP contribution in [0, 0.1) is 11.8 Å². The van der Waals surface area contributed by atoms with Gasteiger partial charge in [-0.2, -0.15) is 0 Å². The fourth-order valence-electron chi connectivity index (χ4n) is 8.28. The molecule has 1 aromatic rings. The SMILES string of the molecule is CC(C)C[C@H](NC(=O)[C@H](CCCCN)NC(=O)[C@H](CC(C)C)NC(=O)[C@H](Cc1ccccc1)NC(=O)[C@@H](N)CCC(=O)O)C(=O)N[C@@H](CC(=O)O)C(=O)N[C@@H](CCCN=C(N)N)C(=O)N[C@@H](CCC(=O)O)C(=O)N[C@@H](CCCN=C(N)N)C(=O)O. The van der Waals surface area contributed by atoms with E-state index in [4.69, 9.17) is 39.5 Å². The number of nitrogens with two attached hydrogens (primary N) is 6. The molecule has 0 aliphatic carbocycles. The lowest BCUT2D eigenvalue weighted by atomic mass is 9.99. The number of carboxylic acids is 4. The number of nitrogens with zero attached hydrogens (tertiary/aromatic N) is 2. The number of benzene rings is 1. The number of aliphatic carboxylic acids is 4. The lowest BCUT2D eigenvalue weighted by Gasteiger charge is -2.29. The molecule has 476 valence electrons. The highest BCUT2D eigenvalue weighted by molar-refractivity contribution is 5.99. The second-order valence-electron chi connectivity index (χ2n) is 21.0. The van der Waals surface area contributed by atoms with Crippen molar-refractivity contribution in [3.63, 3.8) is 0 Å². The third-order valence-electron chi connectivity index (χ3n) is 12.6. The Labute approximate surface area is 492 Å². The Balaban J connectivity index is 3.61. The van der Waals surface area contributed by atoms with Gasteiger partial charge in [-0.3, -0.25) is 62.7 Å². The molecule has 0 aliphatic rings. The number of unbranched alkanes of at least 4 members (excludes halogenated alkanes) is 1. The topological polar surface area (TPSA) is 563 Å². The number of rotatable bonds is 43. The zero-order valence-electron chi connectivity index (χ0n) is 48.5. The van der Waals surface area contributed by atoms with Crippen LogP contribution in [0.4, 0.5) is 0 Å². The summed E-state index contributed by atoms with van der Waals surface area (Å²) in [7, 11) is 0. The Kier molecular flexibility index (Phi) is 34.8. The van der Waals surface area contributed by atoms with Gasteiger partial charge in [0, 0.05) is 32.4 Å². The van der Waals surface area contributed by atoms with Crippen molar-refractivity contribution >= 4 is 83.1 Å². The Morgan fingerprint density at radius 2 is 0.800 bits per heavy atom. The van der Waals surface area contributed by atoms with Crippen LogP contribution < -0.4 is 76.9 Å². The minimum absolute atomic E-state index is 0.000168. The smallest absolute Gasteiger partial charge is 0.326 e. The van der Waals surface area contributed by atoms with Gasteiger partial charge in [0.1, 0.15) is 48.3 Å². The quantitative estimate of drug-likeness (QED) is 0.0169. The molecule has 0 radical (unpaired) electrons. The third kappa shape index (κ3) is 32.1. The van der Waals surface area contributed by atoms with Crippen LogP contribution in [0.5, 0.6) is 0 Å². The first-order valence-corrected chi connectivity index (χ1v) is 27.9. The van der Waals surface area contributed by atoms with Crippen molar-refractivity contribution in [2.24, 2.45) is 56.2 Å². The normalized spacial score (nSPS) is 14.2. The molecule has 0 aromatic heterocycles. The van der Waals surface area contributed by atoms with Crippen LogP contribution in [-0.4, -0.2) is 177 Å². The molecule has 0 fully saturated rings. The minimum atomic E-state index is -1.96. The highest BCUT2D eigenvalue weighted by Crippen LogP contribution is 2.14. The maximum Gasteiger partial charge on any atom is 0.326 e. The minimum Gasteiger partial charge on any atom is -0.481 e. The van der Waals surface area contributed by atoms with Gasteiger partial charge in [-0.05, 0) is 94.6 Å². The maximum atomic E-state index is 14.3. The predicted molar refractivity (Wildman–Crippen MR) is 309 cm³/mol. The van der Waals surface area contributed by atoms with Gasteiger partial charge in [0.15, 0.2) is 11.9 Å². The second kappa shape index (κ2) is 39.7. The molecule has 1 rings (SSSR count). The average molecular weight is 1210 g/mol. The summed E-state index contributed by atoms with van der Waals surface area (Å²) in [5, 5.41) is 58.1. The van der Waals surface area contributed by atoms with Gasteiger partial charge in [-0.1, -0.05) is 58.0 Å². The molecule has 32 nitrogen and oxygen atoms in total. The van der Waals surface area contributed by atoms with E-state index < -0.39 is 151 Å². The molecule has 9 atom stereocenters. The van der Waals surface area contributed by atoms with Crippen LogP contribution in [0.1, 0.15) is 123 Å². The third-order valence-corrected chi connectivity index (χ3v) is 12.6. The molecular weight excluding hydrogens is 1120 g/mol. The lowest BCUT2D eigenvalue weighted by molar-refractivity contribution is -0.143. The van der Waals surface area contributed by atoms with Crippen LogP contribution in [-0.2, 0) is 64.0 Å². The summed E-state index contributed by atoms with van der Waals surface area (Å²) in [5.74, 6) is -14.7. The van der Waals surface area contributed by atoms with Crippen molar-refractivity contribution in [1.82, 2.24) is 42.5 Å². The van der Waals surface area contributed by atoms with Crippen LogP contribution in [0.3, 0.4) is 0 Å². The van der Waals surface area contributed by atoms with Gasteiger partial charge < -0.3 is 97.4 Å². The van der Waals surface area contributed by atoms with Crippen molar-refractivity contribution in [3.8, 4) is 0 Å². The first kappa shape index (κ1) is 74.3. The highest BCUT2D eigenvalue weighted by atomic mass is 16.4. The van der Waals surface area contributed by atoms with E-state index in [1.54, 1.807) is 58.0 Å². The number of nitrogens with one attached hydrogen (secondary N) is 8. The molecule has 1 aromatic carbocycles. The fourth-order valence-corrected chi connectivity index (χ4v) is 8.28. The number of amides is 8. The fraction of sp³-hybridized carbons (Fsp3) is 0.623. The zero-order valence-corrected chi connectivity index (χ0v) is 48.5. The molecule has 32 heteroatoms. The first-order chi connectivity index (χ1) is 39.9. The Morgan fingerprint density at radius 3 is 1.22 bits per heavy atom.